The summed E-state index contributed by atoms with van der Waals surface area (Å²) in [7, 11) is 4.11. The summed E-state index contributed by atoms with van der Waals surface area (Å²) in [5.41, 5.74) is 9.57. The van der Waals surface area contributed by atoms with Crippen LogP contribution in [-0.2, 0) is 40.7 Å². The van der Waals surface area contributed by atoms with Gasteiger partial charge in [-0.05, 0) is 107 Å². The molecule has 0 amide bonds. The summed E-state index contributed by atoms with van der Waals surface area (Å²) in [5.74, 6) is -0.141. The zero-order chi connectivity index (χ0) is 42.8. The molecule has 0 radical (unpaired) electrons. The van der Waals surface area contributed by atoms with Crippen molar-refractivity contribution in [1.82, 2.24) is 9.97 Å². The number of hydrogen-bond donors (Lipinski definition) is 0. The number of ketones is 2. The predicted octanol–water partition coefficient (Wildman–Crippen LogP) is 11.9. The molecule has 0 bridgehead atoms. The molecule has 0 spiro atoms. The van der Waals surface area contributed by atoms with Gasteiger partial charge in [0.25, 0.3) is 0 Å². The molecular weight excluding hydrogens is 816 g/mol. The van der Waals surface area contributed by atoms with Crippen molar-refractivity contribution in [2.45, 2.75) is 37.5 Å². The Kier molecular flexibility index (Phi) is 12.1. The van der Waals surface area contributed by atoms with E-state index in [0.29, 0.717) is 11.4 Å². The fraction of sp³-hybridized carbons (Fsp3) is 0.143. The monoisotopic (exact) mass is 864 g/mol. The number of rotatable bonds is 8. The van der Waals surface area contributed by atoms with E-state index in [2.05, 4.69) is 169 Å². The van der Waals surface area contributed by atoms with Crippen LogP contribution in [0.15, 0.2) is 206 Å². The van der Waals surface area contributed by atoms with Crippen LogP contribution in [-0.4, -0.2) is 35.6 Å². The quantitative estimate of drug-likeness (QED) is 0.0861. The van der Waals surface area contributed by atoms with Crippen LogP contribution in [0.4, 0.5) is 11.4 Å². The van der Waals surface area contributed by atoms with Gasteiger partial charge in [0.1, 0.15) is 11.4 Å². The van der Waals surface area contributed by atoms with Crippen LogP contribution in [0, 0.1) is 0 Å². The van der Waals surface area contributed by atoms with E-state index in [1.165, 1.54) is 43.8 Å². The molecule has 10 rings (SSSR count). The number of carbonyl (C=O) groups is 2. The minimum Gasteiger partial charge on any atom is -0.347 e. The Labute approximate surface area is 380 Å². The zero-order valence-corrected chi connectivity index (χ0v) is 37.0. The fourth-order valence-electron chi connectivity index (χ4n) is 9.79. The Morgan fingerprint density at radius 1 is 0.476 bits per heavy atom. The Hall–Kier alpha value is -6.92. The summed E-state index contributed by atoms with van der Waals surface area (Å²) in [4.78, 5) is 39.1. The minimum atomic E-state index is -0.350. The molecular formula is C56H48FeN4O2+2. The molecule has 7 heteroatoms. The van der Waals surface area contributed by atoms with Gasteiger partial charge in [-0.15, -0.1) is 0 Å². The average molecular weight is 865 g/mol. The van der Waals surface area contributed by atoms with Gasteiger partial charge >= 0.3 is 17.1 Å². The molecule has 6 aromatic carbocycles. The number of fused-ring (bicyclic) bond motifs is 6. The number of pyridine rings is 2. The predicted molar refractivity (Wildman–Crippen MR) is 253 cm³/mol. The minimum absolute atomic E-state index is 0. The van der Waals surface area contributed by atoms with Crippen LogP contribution >= 0.6 is 0 Å². The van der Waals surface area contributed by atoms with Crippen LogP contribution in [0.2, 0.25) is 0 Å². The van der Waals surface area contributed by atoms with Crippen molar-refractivity contribution in [3.8, 4) is 0 Å². The van der Waals surface area contributed by atoms with Gasteiger partial charge in [0.15, 0.2) is 0 Å². The maximum absolute atomic E-state index is 13.1. The maximum Gasteiger partial charge on any atom is 2.00 e. The van der Waals surface area contributed by atoms with Gasteiger partial charge in [-0.2, -0.15) is 0 Å². The van der Waals surface area contributed by atoms with E-state index in [0.717, 1.165) is 35.6 Å². The first-order valence-corrected chi connectivity index (χ1v) is 21.1. The molecule has 2 aliphatic heterocycles. The summed E-state index contributed by atoms with van der Waals surface area (Å²) in [6.07, 6.45) is 8.49. The van der Waals surface area contributed by atoms with E-state index >= 15 is 0 Å². The summed E-state index contributed by atoms with van der Waals surface area (Å²) in [5, 5.41) is 4.90. The number of hydrogen-bond acceptors (Lipinski definition) is 6. The smallest absolute Gasteiger partial charge is 0.347 e. The van der Waals surface area contributed by atoms with Crippen molar-refractivity contribution in [2.75, 3.05) is 23.9 Å². The fourth-order valence-corrected chi connectivity index (χ4v) is 9.79. The molecule has 4 heterocycles. The SMILES string of the molecule is CN1/C(=C\C(=O)c2ccccn2)C(C)(Cc2ccccc2)c2c1ccc1ccccc21.CN1/C(=C\C(=O)c2ccccn2)C(C)(Cc2ccccc2)c2c1ccc1ccccc21.[Fe+2]. The first-order chi connectivity index (χ1) is 30.2. The number of aromatic nitrogens is 2. The average Bonchev–Trinajstić information content (AvgIpc) is 3.65. The van der Waals surface area contributed by atoms with Gasteiger partial charge in [0.2, 0.25) is 11.6 Å². The largest absolute Gasteiger partial charge is 2.00 e. The van der Waals surface area contributed by atoms with Crippen LogP contribution in [0.3, 0.4) is 0 Å². The molecule has 0 aliphatic carbocycles. The molecule has 63 heavy (non-hydrogen) atoms. The summed E-state index contributed by atoms with van der Waals surface area (Å²) in [6, 6.07) is 57.6. The number of likely N-dealkylation sites (N-methyl/N-ethyl adjacent to an activating group) is 2. The standard InChI is InChI=1S/2C28H24N2O.Fe/c2*1-28(19-20-10-4-3-5-11-20)26(18-25(31)23-14-8-9-17-29-23)30(2)24-16-15-21-12-6-7-13-22(21)27(24)28;/h2*3-18H,19H2,1-2H3;/q;;+2/b2*26-18-;. The molecule has 2 aliphatic rings. The third kappa shape index (κ3) is 8.02. The first-order valence-electron chi connectivity index (χ1n) is 21.1. The number of anilines is 2. The van der Waals surface area contributed by atoms with Crippen molar-refractivity contribution in [3.05, 3.63) is 239 Å². The molecule has 0 N–H and O–H groups in total. The second kappa shape index (κ2) is 17.8. The Morgan fingerprint density at radius 2 is 0.841 bits per heavy atom. The van der Waals surface area contributed by atoms with Gasteiger partial charge in [0.05, 0.1) is 0 Å². The van der Waals surface area contributed by atoms with E-state index in [4.69, 9.17) is 0 Å². The van der Waals surface area contributed by atoms with Crippen molar-refractivity contribution >= 4 is 44.5 Å². The van der Waals surface area contributed by atoms with Crippen LogP contribution in [0.25, 0.3) is 21.5 Å². The van der Waals surface area contributed by atoms with Crippen molar-refractivity contribution < 1.29 is 26.7 Å². The topological polar surface area (TPSA) is 66.4 Å². The van der Waals surface area contributed by atoms with Gasteiger partial charge < -0.3 is 9.80 Å². The number of nitrogens with zero attached hydrogens (tertiary/aromatic N) is 4. The normalized spacial score (nSPS) is 18.7. The Balaban J connectivity index is 0.000000170. The number of benzene rings is 6. The second-order valence-corrected chi connectivity index (χ2v) is 16.7. The van der Waals surface area contributed by atoms with Gasteiger partial charge in [-0.1, -0.05) is 133 Å². The molecule has 2 aromatic heterocycles. The molecule has 8 aromatic rings. The van der Waals surface area contributed by atoms with E-state index in [1.54, 1.807) is 36.7 Å². The Bertz CT molecular complexity index is 2800. The van der Waals surface area contributed by atoms with Crippen LogP contribution in [0.1, 0.15) is 57.1 Å². The first kappa shape index (κ1) is 42.8. The van der Waals surface area contributed by atoms with Crippen LogP contribution in [0.5, 0.6) is 0 Å². The summed E-state index contributed by atoms with van der Waals surface area (Å²) < 4.78 is 0. The van der Waals surface area contributed by atoms with Crippen molar-refractivity contribution in [2.24, 2.45) is 0 Å². The van der Waals surface area contributed by atoms with E-state index < -0.39 is 0 Å². The molecule has 0 fully saturated rings. The molecule has 6 nitrogen and oxygen atoms in total. The van der Waals surface area contributed by atoms with Gasteiger partial charge in [-0.25, -0.2) is 0 Å². The molecule has 2 unspecified atom stereocenters. The second-order valence-electron chi connectivity index (χ2n) is 16.7. The van der Waals surface area contributed by atoms with Crippen LogP contribution < -0.4 is 9.80 Å². The van der Waals surface area contributed by atoms with E-state index in [-0.39, 0.29) is 39.5 Å². The van der Waals surface area contributed by atoms with E-state index in [1.807, 2.05) is 36.4 Å². The molecule has 2 atom stereocenters. The third-order valence-corrected chi connectivity index (χ3v) is 12.7. The van der Waals surface area contributed by atoms with Gasteiger partial charge in [-0.3, -0.25) is 19.6 Å². The summed E-state index contributed by atoms with van der Waals surface area (Å²) in [6.45, 7) is 4.51. The molecule has 0 saturated carbocycles. The third-order valence-electron chi connectivity index (χ3n) is 12.7. The number of allylic oxidation sites excluding steroid dienone is 4. The van der Waals surface area contributed by atoms with Crippen molar-refractivity contribution in [3.63, 3.8) is 0 Å². The molecule has 0 saturated heterocycles. The van der Waals surface area contributed by atoms with Gasteiger partial charge in [0, 0.05) is 72.2 Å². The maximum atomic E-state index is 13.1. The van der Waals surface area contributed by atoms with Crippen molar-refractivity contribution in [1.29, 1.82) is 0 Å². The summed E-state index contributed by atoms with van der Waals surface area (Å²) >= 11 is 0. The number of carbonyl (C=O) groups excluding carboxylic acids is 2. The molecule has 310 valence electrons. The van der Waals surface area contributed by atoms with E-state index in [9.17, 15) is 9.59 Å². The zero-order valence-electron chi connectivity index (χ0n) is 35.8. The Morgan fingerprint density at radius 3 is 1.22 bits per heavy atom.